The third-order valence-electron chi connectivity index (χ3n) is 3.09. The Labute approximate surface area is 125 Å². The number of rotatable bonds is 7. The second kappa shape index (κ2) is 7.31. The molecule has 1 N–H and O–H groups in total. The quantitative estimate of drug-likeness (QED) is 0.799. The first kappa shape index (κ1) is 16.4. The highest BCUT2D eigenvalue weighted by Gasteiger charge is 2.27. The molecule has 0 aliphatic rings. The van der Waals surface area contributed by atoms with Gasteiger partial charge < -0.3 is 14.6 Å². The number of amides is 1. The van der Waals surface area contributed by atoms with Crippen LogP contribution in [0, 0.1) is 0 Å². The van der Waals surface area contributed by atoms with Crippen molar-refractivity contribution >= 4 is 16.8 Å². The van der Waals surface area contributed by atoms with Crippen molar-refractivity contribution in [1.29, 1.82) is 0 Å². The van der Waals surface area contributed by atoms with Crippen molar-refractivity contribution < 1.29 is 22.7 Å². The highest BCUT2D eigenvalue weighted by atomic mass is 19.4. The maximum atomic E-state index is 11.8. The first-order chi connectivity index (χ1) is 10.5. The van der Waals surface area contributed by atoms with Gasteiger partial charge in [-0.2, -0.15) is 13.2 Å². The predicted octanol–water partition coefficient (Wildman–Crippen LogP) is 2.73. The molecule has 0 aliphatic carbocycles. The van der Waals surface area contributed by atoms with Gasteiger partial charge in [-0.1, -0.05) is 18.2 Å². The van der Waals surface area contributed by atoms with Crippen LogP contribution in [0.2, 0.25) is 0 Å². The first-order valence-electron chi connectivity index (χ1n) is 6.91. The van der Waals surface area contributed by atoms with Crippen LogP contribution in [0.4, 0.5) is 13.2 Å². The van der Waals surface area contributed by atoms with Crippen molar-refractivity contribution in [1.82, 2.24) is 9.88 Å². The first-order valence-corrected chi connectivity index (χ1v) is 6.91. The molecule has 1 heterocycles. The van der Waals surface area contributed by atoms with Gasteiger partial charge in [0.2, 0.25) is 5.91 Å². The van der Waals surface area contributed by atoms with Gasteiger partial charge in [0.25, 0.3) is 0 Å². The van der Waals surface area contributed by atoms with Gasteiger partial charge in [0.05, 0.1) is 6.61 Å². The largest absolute Gasteiger partial charge is 0.411 e. The Morgan fingerprint density at radius 3 is 2.77 bits per heavy atom. The van der Waals surface area contributed by atoms with Crippen LogP contribution in [0.1, 0.15) is 6.42 Å². The molecule has 0 atom stereocenters. The molecule has 0 spiro atoms. The minimum absolute atomic E-state index is 0.0708. The number of hydrogen-bond donors (Lipinski definition) is 1. The number of carbonyl (C=O) groups is 1. The molecule has 1 aromatic heterocycles. The van der Waals surface area contributed by atoms with E-state index in [9.17, 15) is 18.0 Å². The summed E-state index contributed by atoms with van der Waals surface area (Å²) < 4.78 is 41.9. The van der Waals surface area contributed by atoms with Gasteiger partial charge in [0.1, 0.15) is 6.61 Å². The number of alkyl halides is 3. The fourth-order valence-corrected chi connectivity index (χ4v) is 2.10. The number of benzene rings is 1. The molecule has 22 heavy (non-hydrogen) atoms. The molecule has 1 amide bonds. The van der Waals surface area contributed by atoms with Gasteiger partial charge >= 0.3 is 6.18 Å². The molecule has 2 aromatic rings. The molecule has 0 aliphatic heterocycles. The lowest BCUT2D eigenvalue weighted by atomic mass is 10.2. The molecule has 0 saturated carbocycles. The number of para-hydroxylation sites is 1. The van der Waals surface area contributed by atoms with Gasteiger partial charge in [-0.3, -0.25) is 4.79 Å². The average Bonchev–Trinajstić information content (AvgIpc) is 2.87. The summed E-state index contributed by atoms with van der Waals surface area (Å²) in [6.07, 6.45) is -2.16. The van der Waals surface area contributed by atoms with Crippen molar-refractivity contribution in [3.8, 4) is 0 Å². The third-order valence-corrected chi connectivity index (χ3v) is 3.09. The molecular weight excluding hydrogens is 297 g/mol. The van der Waals surface area contributed by atoms with E-state index in [1.54, 1.807) is 0 Å². The Bertz CT molecular complexity index is 623. The number of aromatic nitrogens is 1. The highest BCUT2D eigenvalue weighted by Crippen LogP contribution is 2.15. The van der Waals surface area contributed by atoms with E-state index in [-0.39, 0.29) is 25.5 Å². The van der Waals surface area contributed by atoms with E-state index in [2.05, 4.69) is 10.1 Å². The normalized spacial score (nSPS) is 11.8. The molecule has 0 saturated heterocycles. The van der Waals surface area contributed by atoms with E-state index < -0.39 is 12.8 Å². The van der Waals surface area contributed by atoms with Crippen LogP contribution in [0.3, 0.4) is 0 Å². The fourth-order valence-electron chi connectivity index (χ4n) is 2.10. The average molecular weight is 314 g/mol. The van der Waals surface area contributed by atoms with Gasteiger partial charge in [-0.05, 0) is 17.5 Å². The number of hydrogen-bond acceptors (Lipinski definition) is 2. The van der Waals surface area contributed by atoms with Crippen molar-refractivity contribution in [3.63, 3.8) is 0 Å². The minimum Gasteiger partial charge on any atom is -0.370 e. The molecule has 2 rings (SSSR count). The topological polar surface area (TPSA) is 43.3 Å². The second-order valence-electron chi connectivity index (χ2n) is 4.84. The maximum Gasteiger partial charge on any atom is 0.411 e. The number of nitrogens with zero attached hydrogens (tertiary/aromatic N) is 1. The van der Waals surface area contributed by atoms with Crippen molar-refractivity contribution in [3.05, 3.63) is 36.5 Å². The van der Waals surface area contributed by atoms with Gasteiger partial charge in [-0.15, -0.1) is 0 Å². The molecule has 120 valence electrons. The SMILES string of the molecule is O=C(CCn1ccc2ccccc21)NCCOCC(F)(F)F. The minimum atomic E-state index is -4.33. The molecule has 7 heteroatoms. The smallest absolute Gasteiger partial charge is 0.370 e. The summed E-state index contributed by atoms with van der Waals surface area (Å²) in [5.74, 6) is -0.214. The van der Waals surface area contributed by atoms with E-state index in [1.165, 1.54) is 0 Å². The highest BCUT2D eigenvalue weighted by molar-refractivity contribution is 5.80. The lowest BCUT2D eigenvalue weighted by Crippen LogP contribution is -2.29. The van der Waals surface area contributed by atoms with Crippen LogP contribution in [0.25, 0.3) is 10.9 Å². The third kappa shape index (κ3) is 5.07. The van der Waals surface area contributed by atoms with Crippen molar-refractivity contribution in [2.24, 2.45) is 0 Å². The molecule has 0 fully saturated rings. The summed E-state index contributed by atoms with van der Waals surface area (Å²) >= 11 is 0. The molecule has 0 unspecified atom stereocenters. The Hall–Kier alpha value is -2.02. The summed E-state index contributed by atoms with van der Waals surface area (Å²) in [5, 5.41) is 3.64. The Morgan fingerprint density at radius 1 is 1.23 bits per heavy atom. The number of aryl methyl sites for hydroxylation is 1. The lowest BCUT2D eigenvalue weighted by Gasteiger charge is -2.09. The van der Waals surface area contributed by atoms with Crippen LogP contribution in [-0.2, 0) is 16.1 Å². The van der Waals surface area contributed by atoms with E-state index in [0.717, 1.165) is 10.9 Å². The van der Waals surface area contributed by atoms with Crippen molar-refractivity contribution in [2.75, 3.05) is 19.8 Å². The second-order valence-corrected chi connectivity index (χ2v) is 4.84. The van der Waals surface area contributed by atoms with Crippen LogP contribution in [0.5, 0.6) is 0 Å². The molecule has 0 bridgehead atoms. The zero-order valence-corrected chi connectivity index (χ0v) is 11.9. The van der Waals surface area contributed by atoms with Gasteiger partial charge in [-0.25, -0.2) is 0 Å². The van der Waals surface area contributed by atoms with Crippen LogP contribution in [-0.4, -0.2) is 36.4 Å². The van der Waals surface area contributed by atoms with Crippen LogP contribution >= 0.6 is 0 Å². The molecule has 0 radical (unpaired) electrons. The number of halogens is 3. The fraction of sp³-hybridized carbons (Fsp3) is 0.400. The molecule has 4 nitrogen and oxygen atoms in total. The number of carbonyl (C=O) groups excluding carboxylic acids is 1. The molecular formula is C15H17F3N2O2. The zero-order chi connectivity index (χ0) is 16.0. The predicted molar refractivity (Wildman–Crippen MR) is 76.4 cm³/mol. The Kier molecular flexibility index (Phi) is 5.43. The summed E-state index contributed by atoms with van der Waals surface area (Å²) in [7, 11) is 0. The van der Waals surface area contributed by atoms with Gasteiger partial charge in [0.15, 0.2) is 0 Å². The number of fused-ring (bicyclic) bond motifs is 1. The van der Waals surface area contributed by atoms with Crippen molar-refractivity contribution in [2.45, 2.75) is 19.1 Å². The summed E-state index contributed by atoms with van der Waals surface area (Å²) in [5.41, 5.74) is 1.05. The summed E-state index contributed by atoms with van der Waals surface area (Å²) in [6.45, 7) is -0.861. The van der Waals surface area contributed by atoms with E-state index in [1.807, 2.05) is 41.1 Å². The van der Waals surface area contributed by atoms with Crippen LogP contribution < -0.4 is 5.32 Å². The zero-order valence-electron chi connectivity index (χ0n) is 11.9. The summed E-state index contributed by atoms with van der Waals surface area (Å²) in [4.78, 5) is 11.6. The van der Waals surface area contributed by atoms with Gasteiger partial charge in [0, 0.05) is 31.2 Å². The van der Waals surface area contributed by atoms with Crippen LogP contribution in [0.15, 0.2) is 36.5 Å². The number of ether oxygens (including phenoxy) is 1. The molecule has 1 aromatic carbocycles. The lowest BCUT2D eigenvalue weighted by molar-refractivity contribution is -0.173. The Morgan fingerprint density at radius 2 is 2.00 bits per heavy atom. The van der Waals surface area contributed by atoms with E-state index in [4.69, 9.17) is 0 Å². The monoisotopic (exact) mass is 314 g/mol. The Balaban J connectivity index is 1.68. The summed E-state index contributed by atoms with van der Waals surface area (Å²) in [6, 6.07) is 9.80. The standard InChI is InChI=1S/C15H17F3N2O2/c16-15(17,18)11-22-10-7-19-14(21)6-9-20-8-5-12-3-1-2-4-13(12)20/h1-5,8H,6-7,9-11H2,(H,19,21). The van der Waals surface area contributed by atoms with E-state index >= 15 is 0 Å². The number of nitrogens with one attached hydrogen (secondary N) is 1. The van der Waals surface area contributed by atoms with E-state index in [0.29, 0.717) is 6.54 Å². The maximum absolute atomic E-state index is 11.8.